The number of carbonyl (C=O) groups excluding carboxylic acids is 1. The average Bonchev–Trinajstić information content (AvgIpc) is 2.98. The van der Waals surface area contributed by atoms with Crippen LogP contribution in [0, 0.1) is 0 Å². The van der Waals surface area contributed by atoms with Crippen LogP contribution < -0.4 is 11.2 Å². The van der Waals surface area contributed by atoms with Crippen molar-refractivity contribution in [2.75, 3.05) is 0 Å². The van der Waals surface area contributed by atoms with Gasteiger partial charge in [-0.25, -0.2) is 9.59 Å². The van der Waals surface area contributed by atoms with Gasteiger partial charge < -0.3 is 9.47 Å². The molecule has 1 aromatic carbocycles. The van der Waals surface area contributed by atoms with E-state index in [2.05, 4.69) is 20.9 Å². The molecule has 0 amide bonds. The maximum absolute atomic E-state index is 12.2. The lowest BCUT2D eigenvalue weighted by molar-refractivity contribution is -0.0208. The van der Waals surface area contributed by atoms with E-state index in [1.165, 1.54) is 21.8 Å². The molecule has 2 heterocycles. The zero-order valence-corrected chi connectivity index (χ0v) is 15.5. The van der Waals surface area contributed by atoms with Crippen molar-refractivity contribution in [1.29, 1.82) is 0 Å². The van der Waals surface area contributed by atoms with Gasteiger partial charge in [0.1, 0.15) is 12.3 Å². The summed E-state index contributed by atoms with van der Waals surface area (Å²) < 4.78 is 12.6. The Kier molecular flexibility index (Phi) is 5.53. The predicted octanol–water partition coefficient (Wildman–Crippen LogP) is 2.44. The Hall–Kier alpha value is -2.45. The van der Waals surface area contributed by atoms with Crippen LogP contribution in [0.4, 0.5) is 0 Å². The molecule has 1 fully saturated rings. The van der Waals surface area contributed by atoms with Crippen molar-refractivity contribution in [3.05, 3.63) is 73.5 Å². The Morgan fingerprint density at radius 1 is 1.35 bits per heavy atom. The molecule has 3 atom stereocenters. The minimum Gasteiger partial charge on any atom is -0.456 e. The van der Waals surface area contributed by atoms with E-state index in [9.17, 15) is 14.4 Å². The van der Waals surface area contributed by atoms with Crippen molar-refractivity contribution in [2.24, 2.45) is 0 Å². The van der Waals surface area contributed by atoms with Gasteiger partial charge in [-0.2, -0.15) is 0 Å². The minimum atomic E-state index is -0.634. The lowest BCUT2D eigenvalue weighted by Gasteiger charge is -2.14. The van der Waals surface area contributed by atoms with Gasteiger partial charge in [0.05, 0.1) is 17.2 Å². The summed E-state index contributed by atoms with van der Waals surface area (Å²) in [7, 11) is 0. The number of rotatable bonds is 4. The van der Waals surface area contributed by atoms with E-state index >= 15 is 0 Å². The van der Waals surface area contributed by atoms with Crippen LogP contribution in [0.1, 0.15) is 35.5 Å². The smallest absolute Gasteiger partial charge is 0.338 e. The number of halogens is 1. The molecule has 3 rings (SSSR count). The molecular formula is C18H17BrN2O5. The molecule has 1 saturated heterocycles. The summed E-state index contributed by atoms with van der Waals surface area (Å²) in [5, 5.41) is 0. The van der Waals surface area contributed by atoms with Crippen LogP contribution in [0.2, 0.25) is 0 Å². The molecule has 2 aromatic rings. The summed E-state index contributed by atoms with van der Waals surface area (Å²) in [6, 6.07) is 8.67. The van der Waals surface area contributed by atoms with Gasteiger partial charge in [0, 0.05) is 12.6 Å². The van der Waals surface area contributed by atoms with Crippen LogP contribution in [0.15, 0.2) is 51.1 Å². The molecule has 1 aromatic heterocycles. The van der Waals surface area contributed by atoms with Crippen molar-refractivity contribution in [2.45, 2.75) is 31.8 Å². The van der Waals surface area contributed by atoms with Crippen LogP contribution >= 0.6 is 15.9 Å². The average molecular weight is 421 g/mol. The topological polar surface area (TPSA) is 90.4 Å². The first-order valence-electron chi connectivity index (χ1n) is 8.03. The lowest BCUT2D eigenvalue weighted by Crippen LogP contribution is -2.33. The normalized spacial score (nSPS) is 22.6. The second-order valence-corrected chi connectivity index (χ2v) is 6.41. The SMILES string of the molecule is C[C@H]1O[C@@H](n2cc(C=CBr)c(=O)[nH]c2=O)C[C@@H]1OC(=O)c1ccccc1. The van der Waals surface area contributed by atoms with E-state index in [1.54, 1.807) is 31.2 Å². The van der Waals surface area contributed by atoms with Crippen molar-refractivity contribution < 1.29 is 14.3 Å². The van der Waals surface area contributed by atoms with Gasteiger partial charge in [-0.15, -0.1) is 0 Å². The van der Waals surface area contributed by atoms with Gasteiger partial charge >= 0.3 is 11.7 Å². The molecule has 0 spiro atoms. The number of esters is 1. The van der Waals surface area contributed by atoms with Crippen LogP contribution in [0.3, 0.4) is 0 Å². The highest BCUT2D eigenvalue weighted by Crippen LogP contribution is 2.30. The van der Waals surface area contributed by atoms with Crippen molar-refractivity contribution in [1.82, 2.24) is 9.55 Å². The zero-order chi connectivity index (χ0) is 18.7. The maximum Gasteiger partial charge on any atom is 0.338 e. The van der Waals surface area contributed by atoms with Gasteiger partial charge in [0.2, 0.25) is 0 Å². The molecule has 0 bridgehead atoms. The monoisotopic (exact) mass is 420 g/mol. The largest absolute Gasteiger partial charge is 0.456 e. The summed E-state index contributed by atoms with van der Waals surface area (Å²) in [6.07, 6.45) is 1.75. The van der Waals surface area contributed by atoms with E-state index < -0.39 is 29.6 Å². The molecule has 1 N–H and O–H groups in total. The summed E-state index contributed by atoms with van der Waals surface area (Å²) in [5.74, 6) is -0.441. The van der Waals surface area contributed by atoms with Crippen LogP contribution in [0.5, 0.6) is 0 Å². The first-order chi connectivity index (χ1) is 12.5. The molecular weight excluding hydrogens is 404 g/mol. The highest BCUT2D eigenvalue weighted by Gasteiger charge is 2.36. The first-order valence-corrected chi connectivity index (χ1v) is 8.95. The second kappa shape index (κ2) is 7.84. The third-order valence-electron chi connectivity index (χ3n) is 4.15. The molecule has 0 saturated carbocycles. The van der Waals surface area contributed by atoms with Crippen molar-refractivity contribution in [3.8, 4) is 0 Å². The van der Waals surface area contributed by atoms with Gasteiger partial charge in [-0.05, 0) is 30.1 Å². The molecule has 26 heavy (non-hydrogen) atoms. The maximum atomic E-state index is 12.2. The van der Waals surface area contributed by atoms with Gasteiger partial charge in [0.15, 0.2) is 0 Å². The van der Waals surface area contributed by atoms with E-state index in [-0.39, 0.29) is 6.10 Å². The number of nitrogens with one attached hydrogen (secondary N) is 1. The first kappa shape index (κ1) is 18.3. The molecule has 8 heteroatoms. The van der Waals surface area contributed by atoms with Gasteiger partial charge in [-0.1, -0.05) is 34.1 Å². The van der Waals surface area contributed by atoms with Crippen LogP contribution in [0.25, 0.3) is 6.08 Å². The fourth-order valence-electron chi connectivity index (χ4n) is 2.79. The Bertz CT molecular complexity index is 935. The number of benzene rings is 1. The molecule has 0 aliphatic carbocycles. The second-order valence-electron chi connectivity index (χ2n) is 5.88. The highest BCUT2D eigenvalue weighted by molar-refractivity contribution is 9.11. The fraction of sp³-hybridized carbons (Fsp3) is 0.278. The molecule has 1 aliphatic rings. The summed E-state index contributed by atoms with van der Waals surface area (Å²) in [5.41, 5.74) is -0.300. The van der Waals surface area contributed by atoms with E-state index in [4.69, 9.17) is 9.47 Å². The lowest BCUT2D eigenvalue weighted by atomic mass is 10.2. The number of carbonyl (C=O) groups is 1. The summed E-state index contributed by atoms with van der Waals surface area (Å²) in [4.78, 5) is 39.9. The predicted molar refractivity (Wildman–Crippen MR) is 99.1 cm³/mol. The Morgan fingerprint density at radius 2 is 2.08 bits per heavy atom. The molecule has 1 aliphatic heterocycles. The number of aromatic amines is 1. The molecule has 0 unspecified atom stereocenters. The molecule has 7 nitrogen and oxygen atoms in total. The number of ether oxygens (including phenoxy) is 2. The highest BCUT2D eigenvalue weighted by atomic mass is 79.9. The number of nitrogens with zero attached hydrogens (tertiary/aromatic N) is 1. The van der Waals surface area contributed by atoms with Crippen molar-refractivity contribution in [3.63, 3.8) is 0 Å². The number of H-pyrrole nitrogens is 1. The zero-order valence-electron chi connectivity index (χ0n) is 13.9. The Balaban J connectivity index is 1.79. The molecule has 0 radical (unpaired) electrons. The number of hydrogen-bond acceptors (Lipinski definition) is 5. The standard InChI is InChI=1S/C18H17BrN2O5/c1-11-14(26-17(23)12-5-3-2-4-6-12)9-15(25-11)21-10-13(7-8-19)16(22)20-18(21)24/h2-8,10-11,14-15H,9H2,1H3,(H,20,22,24)/t11-,14+,15-/m1/s1. The number of hydrogen-bond donors (Lipinski definition) is 1. The Morgan fingerprint density at radius 3 is 2.77 bits per heavy atom. The quantitative estimate of drug-likeness (QED) is 0.766. The Labute approximate surface area is 157 Å². The third-order valence-corrected chi connectivity index (χ3v) is 4.41. The fourth-order valence-corrected chi connectivity index (χ4v) is 3.07. The van der Waals surface area contributed by atoms with Crippen molar-refractivity contribution >= 4 is 28.0 Å². The van der Waals surface area contributed by atoms with Crippen LogP contribution in [-0.2, 0) is 9.47 Å². The minimum absolute atomic E-state index is 0.308. The summed E-state index contributed by atoms with van der Waals surface area (Å²) >= 11 is 3.11. The van der Waals surface area contributed by atoms with E-state index in [0.29, 0.717) is 17.5 Å². The van der Waals surface area contributed by atoms with Gasteiger partial charge in [0.25, 0.3) is 5.56 Å². The van der Waals surface area contributed by atoms with E-state index in [0.717, 1.165) is 0 Å². The third kappa shape index (κ3) is 3.86. The van der Waals surface area contributed by atoms with Gasteiger partial charge in [-0.3, -0.25) is 14.3 Å². The van der Waals surface area contributed by atoms with E-state index in [1.807, 2.05) is 6.07 Å². The molecule has 136 valence electrons. The summed E-state index contributed by atoms with van der Waals surface area (Å²) in [6.45, 7) is 1.78. The van der Waals surface area contributed by atoms with Crippen LogP contribution in [-0.4, -0.2) is 27.7 Å². The number of aromatic nitrogens is 2.